The van der Waals surface area contributed by atoms with Crippen molar-refractivity contribution in [1.29, 1.82) is 0 Å². The van der Waals surface area contributed by atoms with Crippen LogP contribution in [-0.4, -0.2) is 23.7 Å². The molecule has 1 aliphatic heterocycles. The van der Waals surface area contributed by atoms with Crippen molar-refractivity contribution in [2.75, 3.05) is 6.54 Å². The lowest BCUT2D eigenvalue weighted by Crippen LogP contribution is -2.52. The van der Waals surface area contributed by atoms with E-state index in [1.54, 1.807) is 0 Å². The van der Waals surface area contributed by atoms with E-state index in [-0.39, 0.29) is 11.6 Å². The van der Waals surface area contributed by atoms with Gasteiger partial charge in [0, 0.05) is 0 Å². The maximum absolute atomic E-state index is 11.1. The Morgan fingerprint density at radius 2 is 1.82 bits per heavy atom. The fourth-order valence-corrected chi connectivity index (χ4v) is 1.59. The van der Waals surface area contributed by atoms with Gasteiger partial charge in [-0.3, -0.25) is 14.9 Å². The van der Waals surface area contributed by atoms with Crippen molar-refractivity contribution in [2.45, 2.75) is 32.2 Å². The van der Waals surface area contributed by atoms with Crippen LogP contribution in [0, 0.1) is 0 Å². The van der Waals surface area contributed by atoms with Crippen molar-refractivity contribution in [1.82, 2.24) is 5.32 Å². The van der Waals surface area contributed by atoms with Gasteiger partial charge in [-0.15, -0.1) is 0 Å². The van der Waals surface area contributed by atoms with Crippen molar-refractivity contribution in [3.63, 3.8) is 0 Å². The molecule has 0 aromatic rings. The third-order valence-corrected chi connectivity index (χ3v) is 2.36. The van der Waals surface area contributed by atoms with Gasteiger partial charge < -0.3 is 0 Å². The summed E-state index contributed by atoms with van der Waals surface area (Å²) in [5, 5.41) is 2.97. The highest BCUT2D eigenvalue weighted by Crippen LogP contribution is 2.21. The molecule has 1 fully saturated rings. The molecule has 0 bridgehead atoms. The summed E-state index contributed by atoms with van der Waals surface area (Å²) >= 11 is 0. The summed E-state index contributed by atoms with van der Waals surface area (Å²) in [5.74, 6) is -0.106. The van der Waals surface area contributed by atoms with Gasteiger partial charge in [0.25, 0.3) is 0 Å². The van der Waals surface area contributed by atoms with Gasteiger partial charge in [0.2, 0.25) is 0 Å². The van der Waals surface area contributed by atoms with Crippen molar-refractivity contribution in [3.05, 3.63) is 0 Å². The number of hydrogen-bond donors (Lipinski definition) is 1. The zero-order valence-corrected chi connectivity index (χ0v) is 6.94. The number of nitrogens with one attached hydrogen (secondary N) is 1. The van der Waals surface area contributed by atoms with E-state index in [4.69, 9.17) is 0 Å². The summed E-state index contributed by atoms with van der Waals surface area (Å²) in [6.07, 6.45) is 1.58. The van der Waals surface area contributed by atoms with Crippen LogP contribution in [0.15, 0.2) is 0 Å². The second-order valence-corrected chi connectivity index (χ2v) is 3.05. The minimum Gasteiger partial charge on any atom is -0.299 e. The number of carbonyl (C=O) groups excluding carboxylic acids is 2. The molecule has 1 aliphatic rings. The Labute approximate surface area is 66.2 Å². The van der Waals surface area contributed by atoms with Gasteiger partial charge in [0.05, 0.1) is 0 Å². The van der Waals surface area contributed by atoms with Crippen LogP contribution in [0.1, 0.15) is 26.7 Å². The molecule has 0 radical (unpaired) electrons. The van der Waals surface area contributed by atoms with Crippen LogP contribution < -0.4 is 5.32 Å². The van der Waals surface area contributed by atoms with Gasteiger partial charge in [0.1, 0.15) is 5.54 Å². The first-order valence-corrected chi connectivity index (χ1v) is 3.87. The first kappa shape index (κ1) is 8.40. The topological polar surface area (TPSA) is 46.2 Å². The zero-order chi connectivity index (χ0) is 8.48. The van der Waals surface area contributed by atoms with Gasteiger partial charge in [-0.05, 0) is 33.2 Å². The standard InChI is InChI=1S/C8H13NO2/c1-6(10)8(7(2)11)4-3-5-9-8/h9H,3-5H2,1-2H3. The van der Waals surface area contributed by atoms with E-state index in [0.29, 0.717) is 6.42 Å². The average Bonchev–Trinajstić information content (AvgIpc) is 2.34. The molecule has 3 nitrogen and oxygen atoms in total. The number of ketones is 2. The smallest absolute Gasteiger partial charge is 0.157 e. The lowest BCUT2D eigenvalue weighted by Gasteiger charge is -2.22. The summed E-state index contributed by atoms with van der Waals surface area (Å²) in [7, 11) is 0. The molecule has 0 aliphatic carbocycles. The van der Waals surface area contributed by atoms with Crippen molar-refractivity contribution in [3.8, 4) is 0 Å². The lowest BCUT2D eigenvalue weighted by atomic mass is 9.89. The largest absolute Gasteiger partial charge is 0.299 e. The van der Waals surface area contributed by atoms with Crippen LogP contribution in [0.5, 0.6) is 0 Å². The molecular weight excluding hydrogens is 142 g/mol. The molecule has 0 amide bonds. The van der Waals surface area contributed by atoms with E-state index in [9.17, 15) is 9.59 Å². The van der Waals surface area contributed by atoms with Crippen molar-refractivity contribution in [2.24, 2.45) is 0 Å². The highest BCUT2D eigenvalue weighted by Gasteiger charge is 2.42. The number of carbonyl (C=O) groups is 2. The molecule has 0 spiro atoms. The fraction of sp³-hybridized carbons (Fsp3) is 0.750. The van der Waals surface area contributed by atoms with E-state index in [0.717, 1.165) is 13.0 Å². The highest BCUT2D eigenvalue weighted by molar-refractivity contribution is 6.10. The first-order valence-electron chi connectivity index (χ1n) is 3.87. The molecule has 1 N–H and O–H groups in total. The number of Topliss-reactive ketones (excluding diaryl/α,β-unsaturated/α-hetero) is 2. The molecule has 0 aromatic heterocycles. The molecule has 1 saturated heterocycles. The van der Waals surface area contributed by atoms with Gasteiger partial charge in [-0.1, -0.05) is 0 Å². The van der Waals surface area contributed by atoms with Gasteiger partial charge >= 0.3 is 0 Å². The van der Waals surface area contributed by atoms with E-state index >= 15 is 0 Å². The molecule has 0 saturated carbocycles. The molecule has 0 unspecified atom stereocenters. The Morgan fingerprint density at radius 1 is 1.27 bits per heavy atom. The third kappa shape index (κ3) is 1.20. The Kier molecular flexibility index (Phi) is 2.09. The van der Waals surface area contributed by atoms with Gasteiger partial charge in [0.15, 0.2) is 11.6 Å². The molecule has 0 atom stereocenters. The summed E-state index contributed by atoms with van der Waals surface area (Å²) in [5.41, 5.74) is -0.833. The summed E-state index contributed by atoms with van der Waals surface area (Å²) in [6.45, 7) is 3.72. The van der Waals surface area contributed by atoms with Crippen LogP contribution in [0.4, 0.5) is 0 Å². The van der Waals surface area contributed by atoms with Gasteiger partial charge in [-0.2, -0.15) is 0 Å². The first-order chi connectivity index (χ1) is 5.09. The molecule has 62 valence electrons. The number of hydrogen-bond acceptors (Lipinski definition) is 3. The third-order valence-electron chi connectivity index (χ3n) is 2.36. The maximum atomic E-state index is 11.1. The summed E-state index contributed by atoms with van der Waals surface area (Å²) < 4.78 is 0. The van der Waals surface area contributed by atoms with E-state index in [1.165, 1.54) is 13.8 Å². The zero-order valence-electron chi connectivity index (χ0n) is 6.94. The minimum atomic E-state index is -0.833. The lowest BCUT2D eigenvalue weighted by molar-refractivity contribution is -0.133. The highest BCUT2D eigenvalue weighted by atomic mass is 16.2. The molecule has 3 heteroatoms. The van der Waals surface area contributed by atoms with Crippen molar-refractivity contribution < 1.29 is 9.59 Å². The Hall–Kier alpha value is -0.700. The molecule has 11 heavy (non-hydrogen) atoms. The molecular formula is C8H13NO2. The van der Waals surface area contributed by atoms with E-state index in [1.807, 2.05) is 0 Å². The Bertz CT molecular complexity index is 176. The van der Waals surface area contributed by atoms with Gasteiger partial charge in [-0.25, -0.2) is 0 Å². The predicted molar refractivity (Wildman–Crippen MR) is 41.3 cm³/mol. The van der Waals surface area contributed by atoms with Crippen LogP contribution in [0.2, 0.25) is 0 Å². The maximum Gasteiger partial charge on any atom is 0.157 e. The predicted octanol–water partition coefficient (Wildman–Crippen LogP) is 0.287. The normalized spacial score (nSPS) is 21.6. The molecule has 1 rings (SSSR count). The van der Waals surface area contributed by atoms with Crippen LogP contribution in [-0.2, 0) is 9.59 Å². The van der Waals surface area contributed by atoms with Crippen LogP contribution >= 0.6 is 0 Å². The fourth-order valence-electron chi connectivity index (χ4n) is 1.59. The van der Waals surface area contributed by atoms with Crippen molar-refractivity contribution >= 4 is 11.6 Å². The number of rotatable bonds is 2. The molecule has 0 aromatic carbocycles. The average molecular weight is 155 g/mol. The monoisotopic (exact) mass is 155 g/mol. The van der Waals surface area contributed by atoms with E-state index < -0.39 is 5.54 Å². The summed E-state index contributed by atoms with van der Waals surface area (Å²) in [4.78, 5) is 22.3. The van der Waals surface area contributed by atoms with Crippen LogP contribution in [0.3, 0.4) is 0 Å². The van der Waals surface area contributed by atoms with E-state index in [2.05, 4.69) is 5.32 Å². The Morgan fingerprint density at radius 3 is 2.00 bits per heavy atom. The summed E-state index contributed by atoms with van der Waals surface area (Å²) in [6, 6.07) is 0. The SMILES string of the molecule is CC(=O)C1(C(C)=O)CCCN1. The molecule has 1 heterocycles. The van der Waals surface area contributed by atoms with Crippen LogP contribution in [0.25, 0.3) is 0 Å². The second kappa shape index (κ2) is 2.74. The Balaban J connectivity index is 2.87. The minimum absolute atomic E-state index is 0.0532. The quantitative estimate of drug-likeness (QED) is 0.583. The second-order valence-electron chi connectivity index (χ2n) is 3.05.